The number of aliphatic hydroxyl groups excluding tert-OH is 5. The first kappa shape index (κ1) is 54.9. The van der Waals surface area contributed by atoms with Crippen molar-refractivity contribution in [3.05, 3.63) is 0 Å². The molecule has 8 atom stereocenters. The number of aliphatic hydroxyl groups is 5. The van der Waals surface area contributed by atoms with Crippen LogP contribution in [0, 0.1) is 0 Å². The second-order valence-corrected chi connectivity index (χ2v) is 18.1. The fourth-order valence-corrected chi connectivity index (χ4v) is 8.56. The van der Waals surface area contributed by atoms with Crippen LogP contribution in [0.15, 0.2) is 0 Å². The van der Waals surface area contributed by atoms with E-state index in [9.17, 15) is 44.6 Å². The predicted octanol–water partition coefficient (Wildman–Crippen LogP) is 8.89. The molecule has 0 heterocycles. The van der Waals surface area contributed by atoms with Gasteiger partial charge in [-0.1, -0.05) is 193 Å². The number of rotatable bonds is 39. The van der Waals surface area contributed by atoms with Gasteiger partial charge in [-0.25, -0.2) is 4.57 Å². The first-order valence-electron chi connectivity index (χ1n) is 23.3. The van der Waals surface area contributed by atoms with Gasteiger partial charge in [0.25, 0.3) is 0 Å². The van der Waals surface area contributed by atoms with Gasteiger partial charge in [-0.05, 0) is 6.42 Å². The van der Waals surface area contributed by atoms with Crippen molar-refractivity contribution in [1.29, 1.82) is 0 Å². The van der Waals surface area contributed by atoms with Crippen molar-refractivity contribution >= 4 is 19.8 Å². The average Bonchev–Trinajstić information content (AvgIpc) is 3.19. The third-order valence-corrected chi connectivity index (χ3v) is 12.2. The van der Waals surface area contributed by atoms with Gasteiger partial charge in [-0.3, -0.25) is 18.6 Å². The third-order valence-electron chi connectivity index (χ3n) is 11.2. The van der Waals surface area contributed by atoms with Crippen molar-refractivity contribution < 1.29 is 63.1 Å². The monoisotopic (exact) mass is 853 g/mol. The summed E-state index contributed by atoms with van der Waals surface area (Å²) in [6.07, 6.45) is 26.7. The number of phosphoric ester groups is 1. The molecule has 1 saturated carbocycles. The van der Waals surface area contributed by atoms with Gasteiger partial charge in [0, 0.05) is 13.3 Å². The van der Waals surface area contributed by atoms with Crippen LogP contribution in [0.4, 0.5) is 0 Å². The Balaban J connectivity index is 1.94. The number of carbonyl (C=O) groups is 2. The van der Waals surface area contributed by atoms with Crippen molar-refractivity contribution in [2.75, 3.05) is 13.2 Å². The molecule has 0 aliphatic heterocycles. The SMILES string of the molecule is CCCCCCCCCCCCCCCCCCCCCCCCCCCCCCCCC(=O)OC[C@H](COP(=O)(O)OC1C(O)C(O)C(O)[C@@H](O)C1O)OC(C)=O. The molecular weight excluding hydrogens is 767 g/mol. The van der Waals surface area contributed by atoms with E-state index in [-0.39, 0.29) is 6.42 Å². The van der Waals surface area contributed by atoms with Crippen LogP contribution in [0.2, 0.25) is 0 Å². The molecule has 1 rings (SSSR count). The summed E-state index contributed by atoms with van der Waals surface area (Å²) in [6, 6.07) is 0. The van der Waals surface area contributed by atoms with Crippen molar-refractivity contribution in [2.45, 2.75) is 256 Å². The summed E-state index contributed by atoms with van der Waals surface area (Å²) < 4.78 is 32.2. The van der Waals surface area contributed by atoms with Gasteiger partial charge in [0.05, 0.1) is 6.61 Å². The quantitative estimate of drug-likeness (QED) is 0.0194. The molecule has 6 N–H and O–H groups in total. The van der Waals surface area contributed by atoms with E-state index in [2.05, 4.69) is 6.92 Å². The largest absolute Gasteiger partial charge is 0.472 e. The number of phosphoric acid groups is 1. The predicted molar refractivity (Wildman–Crippen MR) is 226 cm³/mol. The second kappa shape index (κ2) is 35.4. The van der Waals surface area contributed by atoms with E-state index in [0.717, 1.165) is 26.2 Å². The number of hydrogen-bond donors (Lipinski definition) is 6. The Kier molecular flexibility index (Phi) is 33.5. The van der Waals surface area contributed by atoms with E-state index in [4.69, 9.17) is 18.5 Å². The minimum atomic E-state index is -5.07. The summed E-state index contributed by atoms with van der Waals surface area (Å²) in [5.41, 5.74) is 0. The Labute approximate surface area is 351 Å². The molecule has 0 spiro atoms. The highest BCUT2D eigenvalue weighted by atomic mass is 31.2. The molecule has 58 heavy (non-hydrogen) atoms. The van der Waals surface area contributed by atoms with Gasteiger partial charge < -0.3 is 39.9 Å². The topological polar surface area (TPSA) is 210 Å². The zero-order chi connectivity index (χ0) is 42.9. The van der Waals surface area contributed by atoms with Gasteiger partial charge in [0.15, 0.2) is 6.10 Å². The molecule has 0 saturated heterocycles. The van der Waals surface area contributed by atoms with E-state index in [1.54, 1.807) is 0 Å². The Morgan fingerprint density at radius 1 is 0.500 bits per heavy atom. The van der Waals surface area contributed by atoms with Crippen LogP contribution < -0.4 is 0 Å². The number of ether oxygens (including phenoxy) is 2. The second-order valence-electron chi connectivity index (χ2n) is 16.7. The highest BCUT2D eigenvalue weighted by molar-refractivity contribution is 7.47. The molecule has 6 unspecified atom stereocenters. The zero-order valence-electron chi connectivity index (χ0n) is 36.4. The number of carbonyl (C=O) groups excluding carboxylic acids is 2. The molecule has 0 bridgehead atoms. The molecule has 13 nitrogen and oxygen atoms in total. The van der Waals surface area contributed by atoms with Crippen LogP contribution in [-0.4, -0.2) is 98.3 Å². The normalized spacial score (nSPS) is 22.4. The van der Waals surface area contributed by atoms with Crippen LogP contribution in [0.3, 0.4) is 0 Å². The molecule has 0 aromatic heterocycles. The molecule has 0 amide bonds. The van der Waals surface area contributed by atoms with Crippen LogP contribution in [0.5, 0.6) is 0 Å². The number of hydrogen-bond acceptors (Lipinski definition) is 12. The van der Waals surface area contributed by atoms with E-state index >= 15 is 0 Å². The maximum Gasteiger partial charge on any atom is 0.472 e. The van der Waals surface area contributed by atoms with Gasteiger partial charge in [0.1, 0.15) is 43.2 Å². The first-order chi connectivity index (χ1) is 27.9. The highest BCUT2D eigenvalue weighted by Gasteiger charge is 2.51. The third kappa shape index (κ3) is 28.4. The maximum absolute atomic E-state index is 12.5. The standard InChI is InChI=1S/C44H85O13P/c1-3-4-5-6-7-8-9-10-11-12-13-14-15-16-17-18-19-20-21-22-23-24-25-26-27-28-29-30-31-32-33-38(46)54-34-37(56-36(2)45)35-55-58(52,53)57-44-42(50)40(48)39(47)41(49)43(44)51/h37,39-44,47-51H,3-35H2,1-2H3,(H,52,53)/t37-,39?,40-,41?,42?,43?,44?/m1/s1. The van der Waals surface area contributed by atoms with E-state index in [0.29, 0.717) is 6.42 Å². The molecular formula is C44H85O13P. The summed E-state index contributed by atoms with van der Waals surface area (Å²) in [5, 5.41) is 49.3. The van der Waals surface area contributed by atoms with E-state index in [1.165, 1.54) is 167 Å². The zero-order valence-corrected chi connectivity index (χ0v) is 37.3. The summed E-state index contributed by atoms with van der Waals surface area (Å²) in [5.74, 6) is -1.28. The van der Waals surface area contributed by atoms with Crippen LogP contribution in [0.1, 0.15) is 213 Å². The van der Waals surface area contributed by atoms with Gasteiger partial charge in [0.2, 0.25) is 0 Å². The van der Waals surface area contributed by atoms with Crippen LogP contribution in [0.25, 0.3) is 0 Å². The van der Waals surface area contributed by atoms with Gasteiger partial charge in [-0.15, -0.1) is 0 Å². The average molecular weight is 853 g/mol. The Hall–Kier alpha value is -1.15. The van der Waals surface area contributed by atoms with E-state index < -0.39 is 75.7 Å². The fraction of sp³-hybridized carbons (Fsp3) is 0.955. The van der Waals surface area contributed by atoms with Crippen molar-refractivity contribution in [3.63, 3.8) is 0 Å². The minimum Gasteiger partial charge on any atom is -0.462 e. The molecule has 1 aliphatic carbocycles. The summed E-state index contributed by atoms with van der Waals surface area (Å²) in [6.45, 7) is 2.19. The van der Waals surface area contributed by atoms with Crippen molar-refractivity contribution in [1.82, 2.24) is 0 Å². The molecule has 0 radical (unpaired) electrons. The molecule has 0 aromatic carbocycles. The maximum atomic E-state index is 12.5. The van der Waals surface area contributed by atoms with E-state index in [1.807, 2.05) is 0 Å². The summed E-state index contributed by atoms with van der Waals surface area (Å²) in [4.78, 5) is 33.9. The lowest BCUT2D eigenvalue weighted by molar-refractivity contribution is -0.220. The lowest BCUT2D eigenvalue weighted by Gasteiger charge is -2.41. The lowest BCUT2D eigenvalue weighted by Crippen LogP contribution is -2.64. The van der Waals surface area contributed by atoms with Crippen molar-refractivity contribution in [3.8, 4) is 0 Å². The van der Waals surface area contributed by atoms with Gasteiger partial charge >= 0.3 is 19.8 Å². The highest BCUT2D eigenvalue weighted by Crippen LogP contribution is 2.47. The summed E-state index contributed by atoms with van der Waals surface area (Å²) in [7, 11) is -5.07. The Morgan fingerprint density at radius 2 is 0.810 bits per heavy atom. The first-order valence-corrected chi connectivity index (χ1v) is 24.8. The van der Waals surface area contributed by atoms with Gasteiger partial charge in [-0.2, -0.15) is 0 Å². The number of unbranched alkanes of at least 4 members (excludes halogenated alkanes) is 29. The fourth-order valence-electron chi connectivity index (χ4n) is 7.58. The lowest BCUT2D eigenvalue weighted by atomic mass is 9.85. The van der Waals surface area contributed by atoms with Crippen LogP contribution >= 0.6 is 7.82 Å². The molecule has 0 aromatic rings. The molecule has 344 valence electrons. The Bertz CT molecular complexity index is 1030. The minimum absolute atomic E-state index is 0.169. The number of esters is 2. The molecule has 14 heteroatoms. The summed E-state index contributed by atoms with van der Waals surface area (Å²) >= 11 is 0. The van der Waals surface area contributed by atoms with Crippen LogP contribution in [-0.2, 0) is 32.7 Å². The smallest absolute Gasteiger partial charge is 0.462 e. The van der Waals surface area contributed by atoms with Crippen molar-refractivity contribution in [2.24, 2.45) is 0 Å². The molecule has 1 fully saturated rings. The Morgan fingerprint density at radius 3 is 1.14 bits per heavy atom. The molecule has 1 aliphatic rings.